The second kappa shape index (κ2) is 7.83. The molecule has 0 radical (unpaired) electrons. The highest BCUT2D eigenvalue weighted by Gasteiger charge is 2.20. The highest BCUT2D eigenvalue weighted by atomic mass is 32.1. The van der Waals surface area contributed by atoms with Crippen molar-refractivity contribution < 1.29 is 8.83 Å². The Morgan fingerprint density at radius 2 is 0.846 bits per heavy atom. The molecule has 182 valence electrons. The van der Waals surface area contributed by atoms with Crippen LogP contribution in [0, 0.1) is 0 Å². The van der Waals surface area contributed by atoms with E-state index in [1.54, 1.807) is 0 Å². The van der Waals surface area contributed by atoms with Crippen molar-refractivity contribution in [3.8, 4) is 22.3 Å². The minimum Gasteiger partial charge on any atom is -0.455 e. The molecule has 0 fully saturated rings. The summed E-state index contributed by atoms with van der Waals surface area (Å²) in [6.07, 6.45) is 0. The van der Waals surface area contributed by atoms with Crippen molar-refractivity contribution in [2.75, 3.05) is 0 Å². The van der Waals surface area contributed by atoms with Gasteiger partial charge in [-0.25, -0.2) is 0 Å². The Balaban J connectivity index is 1.34. The lowest BCUT2D eigenvalue weighted by molar-refractivity contribution is 0.665. The normalized spacial score (nSPS) is 12.1. The summed E-state index contributed by atoms with van der Waals surface area (Å²) in [5.41, 5.74) is 8.00. The van der Waals surface area contributed by atoms with E-state index in [0.717, 1.165) is 60.6 Å². The first-order chi connectivity index (χ1) is 19.3. The molecule has 0 aliphatic carbocycles. The van der Waals surface area contributed by atoms with Gasteiger partial charge >= 0.3 is 0 Å². The summed E-state index contributed by atoms with van der Waals surface area (Å²) in [6.45, 7) is 0. The largest absolute Gasteiger partial charge is 0.455 e. The molecule has 0 bridgehead atoms. The number of rotatable bonds is 2. The molecule has 9 aromatic rings. The molecule has 0 amide bonds. The maximum absolute atomic E-state index is 6.83. The molecule has 0 spiro atoms. The molecule has 2 nitrogen and oxygen atoms in total. The van der Waals surface area contributed by atoms with Gasteiger partial charge in [0.15, 0.2) is 0 Å². The van der Waals surface area contributed by atoms with Crippen LogP contribution in [0.4, 0.5) is 0 Å². The third-order valence-corrected chi connectivity index (χ3v) is 9.13. The molecular formula is C36H20O2S. The van der Waals surface area contributed by atoms with E-state index >= 15 is 0 Å². The third kappa shape index (κ3) is 2.91. The second-order valence-electron chi connectivity index (χ2n) is 10.0. The lowest BCUT2D eigenvalue weighted by atomic mass is 9.98. The van der Waals surface area contributed by atoms with E-state index in [1.165, 1.54) is 25.7 Å². The fourth-order valence-corrected chi connectivity index (χ4v) is 7.39. The Kier molecular flexibility index (Phi) is 4.24. The van der Waals surface area contributed by atoms with Crippen LogP contribution in [0.3, 0.4) is 0 Å². The van der Waals surface area contributed by atoms with Crippen molar-refractivity contribution in [3.63, 3.8) is 0 Å². The van der Waals surface area contributed by atoms with E-state index in [4.69, 9.17) is 8.83 Å². The predicted molar refractivity (Wildman–Crippen MR) is 165 cm³/mol. The van der Waals surface area contributed by atoms with E-state index in [9.17, 15) is 0 Å². The quantitative estimate of drug-likeness (QED) is 0.228. The maximum atomic E-state index is 6.83. The van der Waals surface area contributed by atoms with Gasteiger partial charge in [0, 0.05) is 64.0 Å². The van der Waals surface area contributed by atoms with Crippen molar-refractivity contribution in [2.45, 2.75) is 0 Å². The molecule has 9 rings (SSSR count). The first kappa shape index (κ1) is 21.1. The summed E-state index contributed by atoms with van der Waals surface area (Å²) in [6, 6.07) is 42.8. The lowest BCUT2D eigenvalue weighted by Crippen LogP contribution is -1.80. The molecule has 0 unspecified atom stereocenters. The number of hydrogen-bond donors (Lipinski definition) is 0. The van der Waals surface area contributed by atoms with E-state index < -0.39 is 0 Å². The van der Waals surface area contributed by atoms with Crippen LogP contribution < -0.4 is 0 Å². The SMILES string of the molecule is c1ccc2c(c1)oc1c(-c3cccc4c3oc3c(-c5cccc6c5sc5ccccc56)cccc34)cccc12. The number of benzene rings is 6. The summed E-state index contributed by atoms with van der Waals surface area (Å²) in [5.74, 6) is 0. The topological polar surface area (TPSA) is 26.3 Å². The van der Waals surface area contributed by atoms with Crippen LogP contribution in [-0.2, 0) is 0 Å². The van der Waals surface area contributed by atoms with Crippen molar-refractivity contribution in [3.05, 3.63) is 121 Å². The van der Waals surface area contributed by atoms with E-state index in [-0.39, 0.29) is 0 Å². The molecule has 0 N–H and O–H groups in total. The first-order valence-electron chi connectivity index (χ1n) is 13.1. The van der Waals surface area contributed by atoms with Gasteiger partial charge in [-0.15, -0.1) is 11.3 Å². The monoisotopic (exact) mass is 516 g/mol. The fraction of sp³-hybridized carbons (Fsp3) is 0. The molecule has 39 heavy (non-hydrogen) atoms. The van der Waals surface area contributed by atoms with Gasteiger partial charge in [-0.05, 0) is 12.1 Å². The third-order valence-electron chi connectivity index (χ3n) is 7.91. The van der Waals surface area contributed by atoms with Gasteiger partial charge in [-0.1, -0.05) is 109 Å². The number of fused-ring (bicyclic) bond motifs is 9. The molecular weight excluding hydrogens is 496 g/mol. The van der Waals surface area contributed by atoms with Crippen molar-refractivity contribution in [2.24, 2.45) is 0 Å². The van der Waals surface area contributed by atoms with Crippen LogP contribution in [0.1, 0.15) is 0 Å². The molecule has 3 aromatic heterocycles. The second-order valence-corrected chi connectivity index (χ2v) is 11.1. The van der Waals surface area contributed by atoms with Crippen molar-refractivity contribution in [1.29, 1.82) is 0 Å². The molecule has 0 saturated heterocycles. The zero-order valence-corrected chi connectivity index (χ0v) is 21.6. The number of hydrogen-bond acceptors (Lipinski definition) is 3. The van der Waals surface area contributed by atoms with E-state index in [0.29, 0.717) is 0 Å². The zero-order valence-electron chi connectivity index (χ0n) is 20.8. The Labute approximate surface area is 227 Å². The fourth-order valence-electron chi connectivity index (χ4n) is 6.16. The lowest BCUT2D eigenvalue weighted by Gasteiger charge is -2.05. The van der Waals surface area contributed by atoms with Gasteiger partial charge in [0.1, 0.15) is 22.3 Å². The van der Waals surface area contributed by atoms with Gasteiger partial charge in [0.05, 0.1) is 0 Å². The first-order valence-corrected chi connectivity index (χ1v) is 13.9. The average molecular weight is 517 g/mol. The van der Waals surface area contributed by atoms with Gasteiger partial charge in [-0.2, -0.15) is 0 Å². The summed E-state index contributed by atoms with van der Waals surface area (Å²) in [7, 11) is 0. The zero-order chi connectivity index (χ0) is 25.5. The summed E-state index contributed by atoms with van der Waals surface area (Å²) < 4.78 is 15.8. The van der Waals surface area contributed by atoms with Crippen LogP contribution in [-0.4, -0.2) is 0 Å². The minimum absolute atomic E-state index is 0.886. The Morgan fingerprint density at radius 1 is 0.359 bits per heavy atom. The van der Waals surface area contributed by atoms with Crippen LogP contribution in [0.15, 0.2) is 130 Å². The molecule has 3 heterocycles. The molecule has 0 atom stereocenters. The van der Waals surface area contributed by atoms with Gasteiger partial charge in [-0.3, -0.25) is 0 Å². The predicted octanol–water partition coefficient (Wildman–Crippen LogP) is 11.2. The highest BCUT2D eigenvalue weighted by molar-refractivity contribution is 7.26. The minimum atomic E-state index is 0.886. The Morgan fingerprint density at radius 3 is 1.56 bits per heavy atom. The molecule has 3 heteroatoms. The Hall–Kier alpha value is -4.86. The van der Waals surface area contributed by atoms with E-state index in [1.807, 2.05) is 23.5 Å². The van der Waals surface area contributed by atoms with Gasteiger partial charge < -0.3 is 8.83 Å². The van der Waals surface area contributed by atoms with Crippen LogP contribution >= 0.6 is 11.3 Å². The highest BCUT2D eigenvalue weighted by Crippen LogP contribution is 2.45. The summed E-state index contributed by atoms with van der Waals surface area (Å²) >= 11 is 1.85. The molecule has 0 aliphatic rings. The molecule has 0 aliphatic heterocycles. The van der Waals surface area contributed by atoms with Crippen molar-refractivity contribution in [1.82, 2.24) is 0 Å². The summed E-state index contributed by atoms with van der Waals surface area (Å²) in [4.78, 5) is 0. The Bertz CT molecular complexity index is 2230. The average Bonchev–Trinajstić information content (AvgIpc) is 3.68. The molecule has 0 saturated carbocycles. The smallest absolute Gasteiger partial charge is 0.143 e. The van der Waals surface area contributed by atoms with Crippen LogP contribution in [0.25, 0.3) is 86.3 Å². The molecule has 6 aromatic carbocycles. The van der Waals surface area contributed by atoms with E-state index in [2.05, 4.69) is 109 Å². The standard InChI is InChI=1S/C36H20O2S/c1-3-19-31-21(9-1)23-11-5-12-24(33(23)37-31)25-13-6-14-26-27-15-7-16-28(35(27)38-34(25)26)30-18-8-17-29-22-10-2-4-20-32(22)39-36(29)30/h1-20H. The summed E-state index contributed by atoms with van der Waals surface area (Å²) in [5, 5.41) is 7.08. The van der Waals surface area contributed by atoms with Crippen molar-refractivity contribution >= 4 is 75.4 Å². The van der Waals surface area contributed by atoms with Crippen LogP contribution in [0.5, 0.6) is 0 Å². The number of para-hydroxylation sites is 4. The van der Waals surface area contributed by atoms with Gasteiger partial charge in [0.25, 0.3) is 0 Å². The number of thiophene rings is 1. The van der Waals surface area contributed by atoms with Crippen LogP contribution in [0.2, 0.25) is 0 Å². The maximum Gasteiger partial charge on any atom is 0.143 e. The van der Waals surface area contributed by atoms with Gasteiger partial charge in [0.2, 0.25) is 0 Å². The number of furan rings is 2.